The first-order valence-electron chi connectivity index (χ1n) is 5.64. The molecule has 96 valence electrons. The lowest BCUT2D eigenvalue weighted by Crippen LogP contribution is -2.26. The van der Waals surface area contributed by atoms with E-state index in [-0.39, 0.29) is 16.0 Å². The molecule has 6 heteroatoms. The van der Waals surface area contributed by atoms with Crippen LogP contribution in [0.2, 0.25) is 0 Å². The van der Waals surface area contributed by atoms with Gasteiger partial charge in [-0.05, 0) is 25.1 Å². The fraction of sp³-hybridized carbons (Fsp3) is 0.333. The molecule has 1 atom stereocenters. The zero-order chi connectivity index (χ0) is 13.0. The standard InChI is InChI=1S/C12H14N2O3S/c1-9(7-10-3-2-6-17-10)13-8-11-4-5-12(18-11)14(15)16/h2-6,9,13H,7-8H2,1H3. The van der Waals surface area contributed by atoms with Gasteiger partial charge in [0.2, 0.25) is 0 Å². The third-order valence-electron chi connectivity index (χ3n) is 2.54. The summed E-state index contributed by atoms with van der Waals surface area (Å²) in [7, 11) is 0. The number of nitrogens with zero attached hydrogens (tertiary/aromatic N) is 1. The first-order valence-corrected chi connectivity index (χ1v) is 6.45. The van der Waals surface area contributed by atoms with Crippen LogP contribution in [-0.4, -0.2) is 11.0 Å². The van der Waals surface area contributed by atoms with E-state index in [0.29, 0.717) is 6.54 Å². The van der Waals surface area contributed by atoms with E-state index in [1.807, 2.05) is 12.1 Å². The Balaban J connectivity index is 1.81. The Kier molecular flexibility index (Phi) is 4.11. The van der Waals surface area contributed by atoms with E-state index in [1.54, 1.807) is 18.4 Å². The summed E-state index contributed by atoms with van der Waals surface area (Å²) in [6.45, 7) is 2.70. The molecule has 0 aliphatic heterocycles. The van der Waals surface area contributed by atoms with Gasteiger partial charge in [-0.15, -0.1) is 0 Å². The van der Waals surface area contributed by atoms with Crippen molar-refractivity contribution in [2.75, 3.05) is 0 Å². The van der Waals surface area contributed by atoms with Gasteiger partial charge >= 0.3 is 5.00 Å². The molecule has 2 heterocycles. The maximum absolute atomic E-state index is 10.5. The van der Waals surface area contributed by atoms with E-state index in [4.69, 9.17) is 4.42 Å². The summed E-state index contributed by atoms with van der Waals surface area (Å²) in [6, 6.07) is 7.39. The van der Waals surface area contributed by atoms with Crippen molar-refractivity contribution in [1.82, 2.24) is 5.32 Å². The average Bonchev–Trinajstić information content (AvgIpc) is 2.96. The Bertz CT molecular complexity index is 507. The SMILES string of the molecule is CC(Cc1ccco1)NCc1ccc([N+](=O)[O-])s1. The van der Waals surface area contributed by atoms with Gasteiger partial charge in [-0.25, -0.2) is 0 Å². The summed E-state index contributed by atoms with van der Waals surface area (Å²) >= 11 is 1.21. The highest BCUT2D eigenvalue weighted by Gasteiger charge is 2.11. The van der Waals surface area contributed by atoms with Gasteiger partial charge in [-0.1, -0.05) is 11.3 Å². The molecule has 2 rings (SSSR count). The Morgan fingerprint density at radius 2 is 2.33 bits per heavy atom. The number of furan rings is 1. The zero-order valence-corrected chi connectivity index (χ0v) is 10.8. The van der Waals surface area contributed by atoms with Gasteiger partial charge in [0.25, 0.3) is 0 Å². The van der Waals surface area contributed by atoms with Gasteiger partial charge in [0.05, 0.1) is 11.2 Å². The second-order valence-corrected chi connectivity index (χ2v) is 5.21. The first-order chi connectivity index (χ1) is 8.65. The summed E-state index contributed by atoms with van der Waals surface area (Å²) < 4.78 is 5.27. The van der Waals surface area contributed by atoms with Crippen LogP contribution in [0.4, 0.5) is 5.00 Å². The number of hydrogen-bond donors (Lipinski definition) is 1. The Hall–Kier alpha value is -1.66. The maximum atomic E-state index is 10.5. The van der Waals surface area contributed by atoms with Crippen molar-refractivity contribution < 1.29 is 9.34 Å². The van der Waals surface area contributed by atoms with Crippen LogP contribution in [0.15, 0.2) is 34.9 Å². The molecule has 0 saturated carbocycles. The highest BCUT2D eigenvalue weighted by molar-refractivity contribution is 7.15. The van der Waals surface area contributed by atoms with Crippen LogP contribution in [-0.2, 0) is 13.0 Å². The summed E-state index contributed by atoms with van der Waals surface area (Å²) in [6.07, 6.45) is 2.46. The Morgan fingerprint density at radius 1 is 1.50 bits per heavy atom. The fourth-order valence-corrected chi connectivity index (χ4v) is 2.41. The fourth-order valence-electron chi connectivity index (χ4n) is 1.64. The molecule has 0 bridgehead atoms. The molecule has 0 spiro atoms. The predicted octanol–water partition coefficient (Wildman–Crippen LogP) is 2.97. The molecule has 0 aliphatic carbocycles. The van der Waals surface area contributed by atoms with Crippen molar-refractivity contribution in [1.29, 1.82) is 0 Å². The minimum Gasteiger partial charge on any atom is -0.469 e. The minimum absolute atomic E-state index is 0.186. The summed E-state index contributed by atoms with van der Waals surface area (Å²) in [4.78, 5) is 11.2. The second-order valence-electron chi connectivity index (χ2n) is 4.06. The molecule has 1 unspecified atom stereocenters. The largest absolute Gasteiger partial charge is 0.469 e. The lowest BCUT2D eigenvalue weighted by Gasteiger charge is -2.10. The molecule has 0 fully saturated rings. The van der Waals surface area contributed by atoms with E-state index in [0.717, 1.165) is 17.1 Å². The number of rotatable bonds is 6. The third kappa shape index (κ3) is 3.41. The van der Waals surface area contributed by atoms with Crippen molar-refractivity contribution in [2.24, 2.45) is 0 Å². The Labute approximate surface area is 109 Å². The maximum Gasteiger partial charge on any atom is 0.324 e. The summed E-state index contributed by atoms with van der Waals surface area (Å²) in [5.41, 5.74) is 0. The second kappa shape index (κ2) is 5.79. The van der Waals surface area contributed by atoms with E-state index in [2.05, 4.69) is 12.2 Å². The molecule has 18 heavy (non-hydrogen) atoms. The van der Waals surface area contributed by atoms with Crippen LogP contribution in [0.25, 0.3) is 0 Å². The van der Waals surface area contributed by atoms with E-state index in [9.17, 15) is 10.1 Å². The van der Waals surface area contributed by atoms with Crippen molar-refractivity contribution in [2.45, 2.75) is 25.9 Å². The lowest BCUT2D eigenvalue weighted by atomic mass is 10.2. The molecule has 0 radical (unpaired) electrons. The molecule has 0 saturated heterocycles. The van der Waals surface area contributed by atoms with Crippen molar-refractivity contribution >= 4 is 16.3 Å². The van der Waals surface area contributed by atoms with Gasteiger partial charge in [-0.3, -0.25) is 10.1 Å². The molecule has 0 aliphatic rings. The summed E-state index contributed by atoms with van der Waals surface area (Å²) in [5.74, 6) is 0.937. The van der Waals surface area contributed by atoms with Gasteiger partial charge in [0, 0.05) is 30.0 Å². The van der Waals surface area contributed by atoms with Gasteiger partial charge in [0.15, 0.2) is 0 Å². The van der Waals surface area contributed by atoms with E-state index in [1.165, 1.54) is 11.3 Å². The Morgan fingerprint density at radius 3 is 2.94 bits per heavy atom. The third-order valence-corrected chi connectivity index (χ3v) is 3.58. The first kappa shape index (κ1) is 12.8. The van der Waals surface area contributed by atoms with Crippen LogP contribution < -0.4 is 5.32 Å². The summed E-state index contributed by atoms with van der Waals surface area (Å²) in [5, 5.41) is 14.1. The van der Waals surface area contributed by atoms with Crippen LogP contribution in [0.3, 0.4) is 0 Å². The quantitative estimate of drug-likeness (QED) is 0.644. The number of thiophene rings is 1. The van der Waals surface area contributed by atoms with Crippen LogP contribution >= 0.6 is 11.3 Å². The van der Waals surface area contributed by atoms with E-state index < -0.39 is 0 Å². The highest BCUT2D eigenvalue weighted by Crippen LogP contribution is 2.23. The van der Waals surface area contributed by atoms with Crippen LogP contribution in [0, 0.1) is 10.1 Å². The highest BCUT2D eigenvalue weighted by atomic mass is 32.1. The number of hydrogen-bond acceptors (Lipinski definition) is 5. The zero-order valence-electron chi connectivity index (χ0n) is 9.96. The predicted molar refractivity (Wildman–Crippen MR) is 69.7 cm³/mol. The van der Waals surface area contributed by atoms with Crippen molar-refractivity contribution in [3.63, 3.8) is 0 Å². The molecule has 0 amide bonds. The molecule has 0 aromatic carbocycles. The molecular weight excluding hydrogens is 252 g/mol. The molecule has 5 nitrogen and oxygen atoms in total. The average molecular weight is 266 g/mol. The number of nitrogens with one attached hydrogen (secondary N) is 1. The smallest absolute Gasteiger partial charge is 0.324 e. The van der Waals surface area contributed by atoms with Crippen LogP contribution in [0.5, 0.6) is 0 Å². The minimum atomic E-state index is -0.361. The van der Waals surface area contributed by atoms with Gasteiger partial charge < -0.3 is 9.73 Å². The van der Waals surface area contributed by atoms with Gasteiger partial charge in [-0.2, -0.15) is 0 Å². The molecule has 2 aromatic heterocycles. The molecule has 1 N–H and O–H groups in total. The number of nitro groups is 1. The lowest BCUT2D eigenvalue weighted by molar-refractivity contribution is -0.380. The van der Waals surface area contributed by atoms with Crippen molar-refractivity contribution in [3.05, 3.63) is 51.3 Å². The van der Waals surface area contributed by atoms with Crippen LogP contribution in [0.1, 0.15) is 17.6 Å². The molecular formula is C12H14N2O3S. The topological polar surface area (TPSA) is 68.3 Å². The van der Waals surface area contributed by atoms with E-state index >= 15 is 0 Å². The monoisotopic (exact) mass is 266 g/mol. The molecule has 2 aromatic rings. The van der Waals surface area contributed by atoms with Crippen molar-refractivity contribution in [3.8, 4) is 0 Å². The normalized spacial score (nSPS) is 12.5. The van der Waals surface area contributed by atoms with Gasteiger partial charge in [0.1, 0.15) is 5.76 Å².